The molecule has 0 saturated heterocycles. The predicted molar refractivity (Wildman–Crippen MR) is 28.9 cm³/mol. The van der Waals surface area contributed by atoms with Crippen LogP contribution in [0.3, 0.4) is 0 Å². The Morgan fingerprint density at radius 2 is 0.231 bits per heavy atom. The van der Waals surface area contributed by atoms with Crippen molar-refractivity contribution in [1.82, 2.24) is 0 Å². The molecule has 8 nitrogen and oxygen atoms in total. The van der Waals surface area contributed by atoms with Gasteiger partial charge in [-0.05, 0) is 0 Å². The molecular weight excluding hydrogens is 478 g/mol. The van der Waals surface area contributed by atoms with Gasteiger partial charge in [-0.25, -0.2) is 0 Å². The van der Waals surface area contributed by atoms with E-state index in [2.05, 4.69) is 0 Å². The Balaban J connectivity index is 0. The van der Waals surface area contributed by atoms with Crippen molar-refractivity contribution < 1.29 is 129 Å². The van der Waals surface area contributed by atoms with Crippen LogP contribution in [0, 0.1) is 0 Å². The molecule has 0 heterocycles. The molecule has 0 aromatic carbocycles. The van der Waals surface area contributed by atoms with Gasteiger partial charge in [0.25, 0.3) is 0 Å². The van der Waals surface area contributed by atoms with E-state index >= 15 is 0 Å². The third-order valence-corrected chi connectivity index (χ3v) is 0. The first kappa shape index (κ1) is 652. The average Bonchev–Trinajstić information content (AvgIpc) is 0. The van der Waals surface area contributed by atoms with E-state index in [0.717, 1.165) is 0 Å². The van der Waals surface area contributed by atoms with Gasteiger partial charge in [-0.3, -0.25) is 0 Å². The Bertz CT molecular complexity index is 17.4. The van der Waals surface area contributed by atoms with Crippen LogP contribution in [0.25, 0.3) is 0 Å². The summed E-state index contributed by atoms with van der Waals surface area (Å²) in [6.07, 6.45) is 0. The molecule has 98 valence electrons. The molecular formula is H16Br3Mn2O8+. The summed E-state index contributed by atoms with van der Waals surface area (Å²) in [4.78, 5) is 0. The minimum atomic E-state index is 0. The Morgan fingerprint density at radius 1 is 0.231 bits per heavy atom. The van der Waals surface area contributed by atoms with Gasteiger partial charge in [0.1, 0.15) is 0 Å². The summed E-state index contributed by atoms with van der Waals surface area (Å²) >= 11 is 0. The van der Waals surface area contributed by atoms with E-state index in [1.165, 1.54) is 0 Å². The molecule has 0 amide bonds. The monoisotopic (exact) mass is 491 g/mol. The van der Waals surface area contributed by atoms with Crippen molar-refractivity contribution in [3.8, 4) is 0 Å². The second-order valence-corrected chi connectivity index (χ2v) is 0. The van der Waals surface area contributed by atoms with Gasteiger partial charge in [-0.2, -0.15) is 0 Å². The zero-order valence-electron chi connectivity index (χ0n) is 5.89. The number of hydrogen-bond acceptors (Lipinski definition) is 0. The maximum absolute atomic E-state index is 0. The van der Waals surface area contributed by atoms with Crippen LogP contribution in [0.1, 0.15) is 0 Å². The molecule has 16 N–H and O–H groups in total. The molecule has 13 heavy (non-hydrogen) atoms. The normalized spacial score (nSPS) is 0. The second kappa shape index (κ2) is 526. The first-order chi connectivity index (χ1) is 0. The minimum Gasteiger partial charge on any atom is -1.00 e. The molecule has 0 bridgehead atoms. The Kier molecular flexibility index (Phi) is 26400. The SMILES string of the molecule is O.O.O.O.O.O.O.O.[Br-].[Br-].[Br-].[Mn+2].[Mn+2]. The first-order valence-corrected chi connectivity index (χ1v) is 0. The fourth-order valence-electron chi connectivity index (χ4n) is 0. The number of halogens is 3. The van der Waals surface area contributed by atoms with Crippen LogP contribution in [0.2, 0.25) is 0 Å². The number of rotatable bonds is 0. The van der Waals surface area contributed by atoms with Gasteiger partial charge < -0.3 is 94.8 Å². The summed E-state index contributed by atoms with van der Waals surface area (Å²) in [5.74, 6) is 0. The third-order valence-electron chi connectivity index (χ3n) is 0. The fraction of sp³-hybridized carbons (Fsp3) is 0. The van der Waals surface area contributed by atoms with E-state index in [1.807, 2.05) is 0 Å². The molecule has 0 saturated carbocycles. The van der Waals surface area contributed by atoms with Crippen molar-refractivity contribution in [1.29, 1.82) is 0 Å². The van der Waals surface area contributed by atoms with Crippen LogP contribution in [-0.4, -0.2) is 43.8 Å². The van der Waals surface area contributed by atoms with E-state index in [9.17, 15) is 0 Å². The maximum atomic E-state index is 0. The van der Waals surface area contributed by atoms with Crippen LogP contribution in [-0.2, 0) is 34.1 Å². The summed E-state index contributed by atoms with van der Waals surface area (Å²) in [6.45, 7) is 0. The van der Waals surface area contributed by atoms with Crippen LogP contribution in [0.5, 0.6) is 0 Å². The van der Waals surface area contributed by atoms with Crippen LogP contribution in [0.4, 0.5) is 0 Å². The standard InChI is InChI=1S/3BrH.2Mn.8H2O/h3*1H;;;8*1H2/q;;;2*+2;;;;;;;;/p-3. The van der Waals surface area contributed by atoms with Crippen molar-refractivity contribution in [2.75, 3.05) is 0 Å². The Hall–Kier alpha value is 2.16. The molecule has 2 radical (unpaired) electrons. The molecule has 0 fully saturated rings. The summed E-state index contributed by atoms with van der Waals surface area (Å²) in [6, 6.07) is 0. The quantitative estimate of drug-likeness (QED) is 0.285. The van der Waals surface area contributed by atoms with Crippen molar-refractivity contribution in [3.63, 3.8) is 0 Å². The summed E-state index contributed by atoms with van der Waals surface area (Å²) in [7, 11) is 0. The van der Waals surface area contributed by atoms with Gasteiger partial charge in [0.2, 0.25) is 0 Å². The van der Waals surface area contributed by atoms with Gasteiger partial charge in [0, 0.05) is 0 Å². The van der Waals surface area contributed by atoms with Crippen LogP contribution in [0.15, 0.2) is 0 Å². The molecule has 13 heteroatoms. The van der Waals surface area contributed by atoms with Gasteiger partial charge in [0.05, 0.1) is 0 Å². The largest absolute Gasteiger partial charge is 2.00 e. The van der Waals surface area contributed by atoms with Gasteiger partial charge in [-0.15, -0.1) is 0 Å². The molecule has 0 rings (SSSR count). The minimum absolute atomic E-state index is 0. The third kappa shape index (κ3) is 449. The smallest absolute Gasteiger partial charge is 1.00 e. The van der Waals surface area contributed by atoms with E-state index in [4.69, 9.17) is 0 Å². The summed E-state index contributed by atoms with van der Waals surface area (Å²) in [5.41, 5.74) is 0. The van der Waals surface area contributed by atoms with Gasteiger partial charge >= 0.3 is 34.1 Å². The Morgan fingerprint density at radius 3 is 0.231 bits per heavy atom. The molecule has 0 aliphatic rings. The molecule has 0 aliphatic heterocycles. The van der Waals surface area contributed by atoms with Gasteiger partial charge in [-0.1, -0.05) is 0 Å². The van der Waals surface area contributed by atoms with E-state index in [1.54, 1.807) is 0 Å². The van der Waals surface area contributed by atoms with Crippen LogP contribution < -0.4 is 50.9 Å². The summed E-state index contributed by atoms with van der Waals surface area (Å²) < 4.78 is 0. The zero-order valence-corrected chi connectivity index (χ0v) is 13.0. The van der Waals surface area contributed by atoms with Gasteiger partial charge in [0.15, 0.2) is 0 Å². The first-order valence-electron chi connectivity index (χ1n) is 0. The molecule has 0 aliphatic carbocycles. The van der Waals surface area contributed by atoms with Crippen molar-refractivity contribution in [2.24, 2.45) is 0 Å². The summed E-state index contributed by atoms with van der Waals surface area (Å²) in [5, 5.41) is 0. The number of hydrogen-bond donors (Lipinski definition) is 0. The van der Waals surface area contributed by atoms with Crippen molar-refractivity contribution in [3.05, 3.63) is 0 Å². The van der Waals surface area contributed by atoms with Crippen molar-refractivity contribution >= 4 is 0 Å². The average molecular weight is 494 g/mol. The topological polar surface area (TPSA) is 252 Å². The second-order valence-electron chi connectivity index (χ2n) is 0. The van der Waals surface area contributed by atoms with Crippen molar-refractivity contribution in [2.45, 2.75) is 0 Å². The Labute approximate surface area is 128 Å². The zero-order chi connectivity index (χ0) is 0. The predicted octanol–water partition coefficient (Wildman–Crippen LogP) is -15.6. The molecule has 0 unspecified atom stereocenters. The fourth-order valence-corrected chi connectivity index (χ4v) is 0. The van der Waals surface area contributed by atoms with Crippen LogP contribution >= 0.6 is 0 Å². The molecule has 0 aromatic rings. The molecule has 0 spiro atoms. The van der Waals surface area contributed by atoms with E-state index in [0.29, 0.717) is 0 Å². The molecule has 0 aromatic heterocycles. The van der Waals surface area contributed by atoms with E-state index < -0.39 is 0 Å². The molecule has 0 atom stereocenters. The maximum Gasteiger partial charge on any atom is 2.00 e. The van der Waals surface area contributed by atoms with E-state index in [-0.39, 0.29) is 129 Å².